The summed E-state index contributed by atoms with van der Waals surface area (Å²) in [5.74, 6) is 1.79. The van der Waals surface area contributed by atoms with E-state index in [2.05, 4.69) is 52.9 Å². The van der Waals surface area contributed by atoms with Crippen molar-refractivity contribution < 1.29 is 13.9 Å². The highest BCUT2D eigenvalue weighted by molar-refractivity contribution is 9.11. The third-order valence-corrected chi connectivity index (χ3v) is 5.29. The second kappa shape index (κ2) is 8.58. The number of allylic oxidation sites excluding steroid dienone is 1. The zero-order valence-corrected chi connectivity index (χ0v) is 19.3. The van der Waals surface area contributed by atoms with Gasteiger partial charge in [0, 0.05) is 11.5 Å². The lowest BCUT2D eigenvalue weighted by Gasteiger charge is -2.09. The Balaban J connectivity index is 1.65. The van der Waals surface area contributed by atoms with Crippen molar-refractivity contribution in [1.29, 1.82) is 0 Å². The monoisotopic (exact) mass is 556 g/mol. The first-order valence-corrected chi connectivity index (χ1v) is 10.3. The van der Waals surface area contributed by atoms with Gasteiger partial charge >= 0.3 is 0 Å². The van der Waals surface area contributed by atoms with Gasteiger partial charge in [-0.3, -0.25) is 9.48 Å². The Kier molecular flexibility index (Phi) is 6.39. The van der Waals surface area contributed by atoms with E-state index < -0.39 is 0 Å². The second-order valence-corrected chi connectivity index (χ2v) is 8.41. The zero-order chi connectivity index (χ0) is 19.6. The number of ether oxygens (including phenoxy) is 1. The number of furan rings is 1. The van der Waals surface area contributed by atoms with E-state index in [0.29, 0.717) is 23.0 Å². The smallest absolute Gasteiger partial charge is 0.203 e. The molecule has 0 unspecified atom stereocenters. The number of aromatic nitrogens is 2. The van der Waals surface area contributed by atoms with E-state index in [-0.39, 0.29) is 12.4 Å². The molecule has 0 atom stereocenters. The van der Waals surface area contributed by atoms with Gasteiger partial charge in [-0.25, -0.2) is 0 Å². The summed E-state index contributed by atoms with van der Waals surface area (Å²) in [5, 5.41) is 4.18. The Morgan fingerprint density at radius 1 is 1.22 bits per heavy atom. The number of nitrogens with zero attached hydrogens (tertiary/aromatic N) is 2. The minimum absolute atomic E-state index is 0.130. The maximum absolute atomic E-state index is 12.2. The van der Waals surface area contributed by atoms with E-state index in [4.69, 9.17) is 9.15 Å². The first-order valence-electron chi connectivity index (χ1n) is 7.92. The van der Waals surface area contributed by atoms with Crippen molar-refractivity contribution >= 4 is 59.6 Å². The molecule has 5 nitrogen and oxygen atoms in total. The van der Waals surface area contributed by atoms with Crippen LogP contribution in [0.1, 0.15) is 27.7 Å². The highest BCUT2D eigenvalue weighted by Gasteiger charge is 2.11. The van der Waals surface area contributed by atoms with Crippen LogP contribution in [0.2, 0.25) is 0 Å². The SMILES string of the molecule is Cc1cc(C(=O)/C=C/c2ccc(COc3c(Br)cc(Br)cc3Br)o2)n(C)n1. The first-order chi connectivity index (χ1) is 12.8. The first kappa shape index (κ1) is 20.1. The Morgan fingerprint density at radius 3 is 2.56 bits per heavy atom. The van der Waals surface area contributed by atoms with Gasteiger partial charge in [0.25, 0.3) is 0 Å². The van der Waals surface area contributed by atoms with Crippen LogP contribution in [0, 0.1) is 6.92 Å². The predicted molar refractivity (Wildman–Crippen MR) is 114 cm³/mol. The van der Waals surface area contributed by atoms with Crippen molar-refractivity contribution in [2.24, 2.45) is 7.05 Å². The Morgan fingerprint density at radius 2 is 1.93 bits per heavy atom. The van der Waals surface area contributed by atoms with Crippen LogP contribution in [-0.4, -0.2) is 15.6 Å². The van der Waals surface area contributed by atoms with Crippen LogP contribution in [0.15, 0.2) is 54.2 Å². The van der Waals surface area contributed by atoms with Crippen LogP contribution in [0.25, 0.3) is 6.08 Å². The molecule has 0 saturated carbocycles. The molecule has 0 N–H and O–H groups in total. The van der Waals surface area contributed by atoms with Crippen molar-refractivity contribution in [3.8, 4) is 5.75 Å². The Bertz CT molecular complexity index is 998. The number of carbonyl (C=O) groups excluding carboxylic acids is 1. The summed E-state index contributed by atoms with van der Waals surface area (Å²) >= 11 is 10.4. The molecular formula is C19H15Br3N2O3. The molecule has 0 amide bonds. The molecule has 3 aromatic rings. The molecule has 2 heterocycles. The standard InChI is InChI=1S/C19H15Br3N2O3/c1-11-7-17(24(2)23-11)18(25)6-5-13-3-4-14(27-13)10-26-19-15(21)8-12(20)9-16(19)22/h3-9H,10H2,1-2H3/b6-5+. The molecule has 140 valence electrons. The summed E-state index contributed by atoms with van der Waals surface area (Å²) in [5.41, 5.74) is 1.33. The molecular weight excluding hydrogens is 544 g/mol. The van der Waals surface area contributed by atoms with E-state index in [0.717, 1.165) is 19.1 Å². The summed E-state index contributed by atoms with van der Waals surface area (Å²) in [6.07, 6.45) is 3.11. The van der Waals surface area contributed by atoms with Crippen molar-refractivity contribution in [2.75, 3.05) is 0 Å². The summed E-state index contributed by atoms with van der Waals surface area (Å²) in [6.45, 7) is 2.11. The average molecular weight is 559 g/mol. The van der Waals surface area contributed by atoms with Gasteiger partial charge in [-0.15, -0.1) is 0 Å². The minimum atomic E-state index is -0.130. The van der Waals surface area contributed by atoms with Crippen LogP contribution in [0.5, 0.6) is 5.75 Å². The lowest BCUT2D eigenvalue weighted by Crippen LogP contribution is -2.03. The number of ketones is 1. The summed E-state index contributed by atoms with van der Waals surface area (Å²) < 4.78 is 15.7. The molecule has 0 saturated heterocycles. The number of halogens is 3. The molecule has 3 rings (SSSR count). The minimum Gasteiger partial charge on any atom is -0.483 e. The molecule has 0 spiro atoms. The fourth-order valence-electron chi connectivity index (χ4n) is 2.46. The summed E-state index contributed by atoms with van der Waals surface area (Å²) in [4.78, 5) is 12.2. The maximum atomic E-state index is 12.2. The van der Waals surface area contributed by atoms with Gasteiger partial charge in [-0.2, -0.15) is 5.10 Å². The normalized spacial score (nSPS) is 11.3. The highest BCUT2D eigenvalue weighted by atomic mass is 79.9. The van der Waals surface area contributed by atoms with Crippen LogP contribution in [0.3, 0.4) is 0 Å². The fraction of sp³-hybridized carbons (Fsp3) is 0.158. The number of benzene rings is 1. The molecule has 0 aliphatic heterocycles. The van der Waals surface area contributed by atoms with Crippen LogP contribution >= 0.6 is 47.8 Å². The van der Waals surface area contributed by atoms with E-state index in [9.17, 15) is 4.79 Å². The van der Waals surface area contributed by atoms with Gasteiger partial charge in [-0.05, 0) is 81.3 Å². The maximum Gasteiger partial charge on any atom is 0.203 e. The molecule has 0 bridgehead atoms. The molecule has 27 heavy (non-hydrogen) atoms. The molecule has 0 fully saturated rings. The average Bonchev–Trinajstić information content (AvgIpc) is 3.17. The third kappa shape index (κ3) is 5.00. The van der Waals surface area contributed by atoms with E-state index in [1.165, 1.54) is 6.08 Å². The molecule has 8 heteroatoms. The van der Waals surface area contributed by atoms with Crippen molar-refractivity contribution in [2.45, 2.75) is 13.5 Å². The van der Waals surface area contributed by atoms with Crippen molar-refractivity contribution in [1.82, 2.24) is 9.78 Å². The molecule has 2 aromatic heterocycles. The highest BCUT2D eigenvalue weighted by Crippen LogP contribution is 2.36. The van der Waals surface area contributed by atoms with Gasteiger partial charge in [0.2, 0.25) is 5.78 Å². The zero-order valence-electron chi connectivity index (χ0n) is 14.5. The van der Waals surface area contributed by atoms with E-state index in [1.54, 1.807) is 29.9 Å². The number of aryl methyl sites for hydroxylation is 2. The van der Waals surface area contributed by atoms with Gasteiger partial charge in [0.1, 0.15) is 29.6 Å². The number of rotatable bonds is 6. The quantitative estimate of drug-likeness (QED) is 0.272. The Labute approximate surface area is 181 Å². The fourth-order valence-corrected chi connectivity index (χ4v) is 4.94. The molecule has 0 radical (unpaired) electrons. The van der Waals surface area contributed by atoms with E-state index >= 15 is 0 Å². The van der Waals surface area contributed by atoms with Gasteiger partial charge < -0.3 is 9.15 Å². The topological polar surface area (TPSA) is 57.3 Å². The van der Waals surface area contributed by atoms with Crippen LogP contribution < -0.4 is 4.74 Å². The summed E-state index contributed by atoms with van der Waals surface area (Å²) in [7, 11) is 1.74. The number of hydrogen-bond donors (Lipinski definition) is 0. The van der Waals surface area contributed by atoms with Crippen molar-refractivity contribution in [3.05, 3.63) is 72.7 Å². The molecule has 0 aliphatic rings. The third-order valence-electron chi connectivity index (χ3n) is 3.66. The molecule has 0 aliphatic carbocycles. The molecule has 1 aromatic carbocycles. The van der Waals surface area contributed by atoms with Gasteiger partial charge in [0.15, 0.2) is 0 Å². The predicted octanol–water partition coefficient (Wildman–Crippen LogP) is 6.08. The Hall–Kier alpha value is -1.64. The number of hydrogen-bond acceptors (Lipinski definition) is 4. The number of carbonyl (C=O) groups is 1. The van der Waals surface area contributed by atoms with Crippen LogP contribution in [0.4, 0.5) is 0 Å². The van der Waals surface area contributed by atoms with E-state index in [1.807, 2.05) is 25.1 Å². The van der Waals surface area contributed by atoms with Crippen molar-refractivity contribution in [3.63, 3.8) is 0 Å². The lowest BCUT2D eigenvalue weighted by atomic mass is 10.2. The van der Waals surface area contributed by atoms with Gasteiger partial charge in [-0.1, -0.05) is 15.9 Å². The summed E-state index contributed by atoms with van der Waals surface area (Å²) in [6, 6.07) is 9.17. The largest absolute Gasteiger partial charge is 0.483 e. The second-order valence-electron chi connectivity index (χ2n) is 5.78. The lowest BCUT2D eigenvalue weighted by molar-refractivity contribution is 0.103. The van der Waals surface area contributed by atoms with Gasteiger partial charge in [0.05, 0.1) is 14.6 Å². The van der Waals surface area contributed by atoms with Crippen LogP contribution in [-0.2, 0) is 13.7 Å².